The maximum atomic E-state index is 13.0. The van der Waals surface area contributed by atoms with Gasteiger partial charge in [-0.15, -0.1) is 0 Å². The lowest BCUT2D eigenvalue weighted by molar-refractivity contribution is -0.123. The number of nitrogens with zero attached hydrogens (tertiary/aromatic N) is 1. The Bertz CT molecular complexity index is 818. The van der Waals surface area contributed by atoms with Crippen LogP contribution in [0.15, 0.2) is 47.6 Å². The summed E-state index contributed by atoms with van der Waals surface area (Å²) in [6.07, 6.45) is 2.16. The molecule has 0 saturated carbocycles. The van der Waals surface area contributed by atoms with E-state index < -0.39 is 5.91 Å². The van der Waals surface area contributed by atoms with Crippen LogP contribution in [0.3, 0.4) is 0 Å². The first-order chi connectivity index (χ1) is 11.9. The predicted octanol–water partition coefficient (Wildman–Crippen LogP) is 3.07. The summed E-state index contributed by atoms with van der Waals surface area (Å²) in [6.45, 7) is 3.82. The number of halogens is 1. The van der Waals surface area contributed by atoms with Gasteiger partial charge in [0.1, 0.15) is 11.4 Å². The lowest BCUT2D eigenvalue weighted by atomic mass is 10.0. The van der Waals surface area contributed by atoms with Crippen molar-refractivity contribution < 1.29 is 18.7 Å². The Hall–Kier alpha value is -2.89. The van der Waals surface area contributed by atoms with E-state index in [1.165, 1.54) is 18.3 Å². The highest BCUT2D eigenvalue weighted by atomic mass is 19.1. The van der Waals surface area contributed by atoms with E-state index in [2.05, 4.69) is 10.5 Å². The van der Waals surface area contributed by atoms with Crippen molar-refractivity contribution in [3.63, 3.8) is 0 Å². The molecule has 0 spiro atoms. The highest BCUT2D eigenvalue weighted by Crippen LogP contribution is 2.41. The fraction of sp³-hybridized carbons (Fsp3) is 0.263. The zero-order chi connectivity index (χ0) is 17.9. The minimum absolute atomic E-state index is 0.194. The van der Waals surface area contributed by atoms with E-state index in [9.17, 15) is 9.18 Å². The van der Waals surface area contributed by atoms with Gasteiger partial charge in [-0.25, -0.2) is 9.82 Å². The number of hydrogen-bond acceptors (Lipinski definition) is 4. The number of rotatable bonds is 5. The molecule has 0 unspecified atom stereocenters. The molecule has 0 aliphatic carbocycles. The molecule has 0 bridgehead atoms. The van der Waals surface area contributed by atoms with Crippen molar-refractivity contribution in [1.82, 2.24) is 5.43 Å². The Morgan fingerprint density at radius 2 is 2.16 bits per heavy atom. The van der Waals surface area contributed by atoms with Gasteiger partial charge >= 0.3 is 0 Å². The minimum Gasteiger partial charge on any atom is -0.483 e. The molecule has 130 valence electrons. The number of amides is 1. The molecule has 2 aromatic rings. The molecule has 0 fully saturated rings. The van der Waals surface area contributed by atoms with E-state index in [0.29, 0.717) is 17.1 Å². The first-order valence-electron chi connectivity index (χ1n) is 7.94. The molecule has 3 rings (SSSR count). The van der Waals surface area contributed by atoms with E-state index in [1.54, 1.807) is 18.2 Å². The average Bonchev–Trinajstić information content (AvgIpc) is 2.87. The summed E-state index contributed by atoms with van der Waals surface area (Å²) >= 11 is 0. The highest BCUT2D eigenvalue weighted by Gasteiger charge is 2.32. The summed E-state index contributed by atoms with van der Waals surface area (Å²) in [7, 11) is 0. The topological polar surface area (TPSA) is 59.9 Å². The molecule has 1 N–H and O–H groups in total. The number of nitrogens with one attached hydrogen (secondary N) is 1. The quantitative estimate of drug-likeness (QED) is 0.671. The molecule has 1 aliphatic heterocycles. The second kappa shape index (κ2) is 6.93. The second-order valence-electron chi connectivity index (χ2n) is 6.42. The normalized spacial score (nSPS) is 14.8. The molecule has 5 nitrogen and oxygen atoms in total. The van der Waals surface area contributed by atoms with Gasteiger partial charge in [0, 0.05) is 12.0 Å². The Balaban J connectivity index is 1.55. The van der Waals surface area contributed by atoms with Gasteiger partial charge in [-0.05, 0) is 37.6 Å². The monoisotopic (exact) mass is 342 g/mol. The second-order valence-corrected chi connectivity index (χ2v) is 6.42. The van der Waals surface area contributed by atoms with Crippen LogP contribution in [0.5, 0.6) is 11.5 Å². The van der Waals surface area contributed by atoms with Crippen molar-refractivity contribution in [2.45, 2.75) is 25.9 Å². The lowest BCUT2D eigenvalue weighted by Crippen LogP contribution is -2.26. The Labute approximate surface area is 145 Å². The van der Waals surface area contributed by atoms with E-state index in [-0.39, 0.29) is 18.0 Å². The third-order valence-corrected chi connectivity index (χ3v) is 3.67. The lowest BCUT2D eigenvalue weighted by Gasteiger charge is -2.18. The number of ether oxygens (including phenoxy) is 2. The Morgan fingerprint density at radius 1 is 1.36 bits per heavy atom. The van der Waals surface area contributed by atoms with Crippen LogP contribution in [-0.4, -0.2) is 24.3 Å². The third kappa shape index (κ3) is 4.35. The molecule has 0 atom stereocenters. The molecular weight excluding hydrogens is 323 g/mol. The van der Waals surface area contributed by atoms with E-state index in [4.69, 9.17) is 9.47 Å². The van der Waals surface area contributed by atoms with Crippen molar-refractivity contribution in [2.75, 3.05) is 6.61 Å². The SMILES string of the molecule is CC1(C)Cc2cccc(OCC(=O)N/N=C/c3cccc(F)c3)c2O1. The molecule has 6 heteroatoms. The number of benzene rings is 2. The van der Waals surface area contributed by atoms with Gasteiger partial charge < -0.3 is 9.47 Å². The van der Waals surface area contributed by atoms with Crippen molar-refractivity contribution in [3.8, 4) is 11.5 Å². The molecule has 0 radical (unpaired) electrons. The standard InChI is InChI=1S/C19H19FN2O3/c1-19(2)10-14-6-4-8-16(18(14)25-19)24-12-17(23)22-21-11-13-5-3-7-15(20)9-13/h3-9,11H,10,12H2,1-2H3,(H,22,23)/b21-11+. The zero-order valence-corrected chi connectivity index (χ0v) is 14.1. The Kier molecular flexibility index (Phi) is 4.70. The molecule has 1 heterocycles. The highest BCUT2D eigenvalue weighted by molar-refractivity contribution is 5.82. The summed E-state index contributed by atoms with van der Waals surface area (Å²) in [5.41, 5.74) is 3.68. The maximum absolute atomic E-state index is 13.0. The summed E-state index contributed by atoms with van der Waals surface area (Å²) in [4.78, 5) is 11.8. The van der Waals surface area contributed by atoms with Gasteiger partial charge in [0.15, 0.2) is 18.1 Å². The fourth-order valence-corrected chi connectivity index (χ4v) is 2.64. The molecule has 0 saturated heterocycles. The molecule has 1 aliphatic rings. The summed E-state index contributed by atoms with van der Waals surface area (Å²) in [5, 5.41) is 3.79. The zero-order valence-electron chi connectivity index (χ0n) is 14.1. The minimum atomic E-state index is -0.414. The predicted molar refractivity (Wildman–Crippen MR) is 92.5 cm³/mol. The van der Waals surface area contributed by atoms with E-state index >= 15 is 0 Å². The van der Waals surface area contributed by atoms with Crippen LogP contribution < -0.4 is 14.9 Å². The van der Waals surface area contributed by atoms with E-state index in [1.807, 2.05) is 26.0 Å². The van der Waals surface area contributed by atoms with Crippen LogP contribution >= 0.6 is 0 Å². The molecule has 1 amide bonds. The summed E-state index contributed by atoms with van der Waals surface area (Å²) in [6, 6.07) is 11.5. The maximum Gasteiger partial charge on any atom is 0.277 e. The van der Waals surface area contributed by atoms with Gasteiger partial charge in [-0.3, -0.25) is 4.79 Å². The molecule has 25 heavy (non-hydrogen) atoms. The molecular formula is C19H19FN2O3. The van der Waals surface area contributed by atoms with Crippen LogP contribution in [0.4, 0.5) is 4.39 Å². The summed E-state index contributed by atoms with van der Waals surface area (Å²) in [5.74, 6) is 0.442. The summed E-state index contributed by atoms with van der Waals surface area (Å²) < 4.78 is 24.5. The van der Waals surface area contributed by atoms with Gasteiger partial charge in [0.05, 0.1) is 6.21 Å². The number of para-hydroxylation sites is 1. The van der Waals surface area contributed by atoms with Crippen LogP contribution in [-0.2, 0) is 11.2 Å². The van der Waals surface area contributed by atoms with Gasteiger partial charge in [0.25, 0.3) is 5.91 Å². The number of carbonyl (C=O) groups is 1. The van der Waals surface area contributed by atoms with Gasteiger partial charge in [0.2, 0.25) is 0 Å². The van der Waals surface area contributed by atoms with Crippen LogP contribution in [0, 0.1) is 5.82 Å². The van der Waals surface area contributed by atoms with Crippen molar-refractivity contribution in [3.05, 3.63) is 59.4 Å². The van der Waals surface area contributed by atoms with Crippen LogP contribution in [0.1, 0.15) is 25.0 Å². The fourth-order valence-electron chi connectivity index (χ4n) is 2.64. The van der Waals surface area contributed by atoms with Crippen LogP contribution in [0.2, 0.25) is 0 Å². The Morgan fingerprint density at radius 3 is 2.96 bits per heavy atom. The van der Waals surface area contributed by atoms with E-state index in [0.717, 1.165) is 12.0 Å². The van der Waals surface area contributed by atoms with Crippen molar-refractivity contribution in [1.29, 1.82) is 0 Å². The number of hydrazone groups is 1. The number of fused-ring (bicyclic) bond motifs is 1. The smallest absolute Gasteiger partial charge is 0.277 e. The largest absolute Gasteiger partial charge is 0.483 e. The van der Waals surface area contributed by atoms with Crippen LogP contribution in [0.25, 0.3) is 0 Å². The first kappa shape index (κ1) is 17.0. The van der Waals surface area contributed by atoms with Crippen molar-refractivity contribution in [2.24, 2.45) is 5.10 Å². The first-order valence-corrected chi connectivity index (χ1v) is 7.94. The number of carbonyl (C=O) groups excluding carboxylic acids is 1. The molecule has 2 aromatic carbocycles. The van der Waals surface area contributed by atoms with Crippen molar-refractivity contribution >= 4 is 12.1 Å². The third-order valence-electron chi connectivity index (χ3n) is 3.67. The average molecular weight is 342 g/mol. The number of hydrogen-bond donors (Lipinski definition) is 1. The van der Waals surface area contributed by atoms with Gasteiger partial charge in [-0.2, -0.15) is 5.10 Å². The molecule has 0 aromatic heterocycles. The van der Waals surface area contributed by atoms with Gasteiger partial charge in [-0.1, -0.05) is 24.3 Å².